The van der Waals surface area contributed by atoms with Gasteiger partial charge >= 0.3 is 0 Å². The molecule has 9 heteroatoms. The van der Waals surface area contributed by atoms with Crippen LogP contribution >= 0.6 is 0 Å². The van der Waals surface area contributed by atoms with Crippen LogP contribution in [0.1, 0.15) is 0 Å². The largest absolute Gasteiger partial charge is 0.353 e. The van der Waals surface area contributed by atoms with Crippen LogP contribution in [0.3, 0.4) is 0 Å². The molecule has 0 aliphatic rings. The molecule has 1 amide bonds. The van der Waals surface area contributed by atoms with Gasteiger partial charge < -0.3 is 5.32 Å². The molecular formula is C18H16FN5O3. The Balaban J connectivity index is 1.62. The van der Waals surface area contributed by atoms with E-state index in [0.29, 0.717) is 11.3 Å². The number of halogens is 1. The van der Waals surface area contributed by atoms with Gasteiger partial charge in [0.15, 0.2) is 0 Å². The molecule has 27 heavy (non-hydrogen) atoms. The molecule has 0 aliphatic heterocycles. The summed E-state index contributed by atoms with van der Waals surface area (Å²) in [7, 11) is 0. The summed E-state index contributed by atoms with van der Waals surface area (Å²) in [6.45, 7) is 0.0918. The van der Waals surface area contributed by atoms with Crippen LogP contribution in [-0.2, 0) is 17.9 Å². The second-order valence-electron chi connectivity index (χ2n) is 5.66. The highest BCUT2D eigenvalue weighted by Crippen LogP contribution is 2.15. The number of amides is 1. The van der Waals surface area contributed by atoms with Gasteiger partial charge in [-0.05, 0) is 36.4 Å². The molecule has 3 aromatic rings. The highest BCUT2D eigenvalue weighted by Gasteiger charge is 2.07. The fraction of sp³-hybridized carbons (Fsp3) is 0.167. The van der Waals surface area contributed by atoms with Crippen LogP contribution in [0.25, 0.3) is 11.3 Å². The Morgan fingerprint density at radius 3 is 2.48 bits per heavy atom. The van der Waals surface area contributed by atoms with Crippen LogP contribution < -0.4 is 16.4 Å². The van der Waals surface area contributed by atoms with Crippen molar-refractivity contribution in [3.8, 4) is 11.3 Å². The standard InChI is InChI=1S/C18H16FN5O3/c19-14-5-3-13(4-6-14)15-7-8-18(27)23(22-15)11-10-20-16(25)12-24-17(26)2-1-9-21-24/h1-9H,10-12H2,(H,20,25). The monoisotopic (exact) mass is 369 g/mol. The third kappa shape index (κ3) is 4.72. The van der Waals surface area contributed by atoms with Gasteiger partial charge in [0, 0.05) is 30.4 Å². The minimum Gasteiger partial charge on any atom is -0.353 e. The number of nitrogens with zero attached hydrogens (tertiary/aromatic N) is 4. The predicted molar refractivity (Wildman–Crippen MR) is 95.4 cm³/mol. The highest BCUT2D eigenvalue weighted by atomic mass is 19.1. The molecule has 2 heterocycles. The summed E-state index contributed by atoms with van der Waals surface area (Å²) < 4.78 is 15.3. The predicted octanol–water partition coefficient (Wildman–Crippen LogP) is 0.422. The second kappa shape index (κ2) is 8.17. The first-order valence-electron chi connectivity index (χ1n) is 8.16. The summed E-state index contributed by atoms with van der Waals surface area (Å²) in [4.78, 5) is 35.4. The van der Waals surface area contributed by atoms with E-state index in [1.807, 2.05) is 0 Å². The van der Waals surface area contributed by atoms with Crippen molar-refractivity contribution in [3.05, 3.63) is 81.3 Å². The van der Waals surface area contributed by atoms with Gasteiger partial charge in [-0.25, -0.2) is 13.8 Å². The fourth-order valence-electron chi connectivity index (χ4n) is 2.38. The van der Waals surface area contributed by atoms with Gasteiger partial charge in [-0.2, -0.15) is 10.2 Å². The van der Waals surface area contributed by atoms with Crippen molar-refractivity contribution in [1.29, 1.82) is 0 Å². The lowest BCUT2D eigenvalue weighted by molar-refractivity contribution is -0.121. The Morgan fingerprint density at radius 1 is 1.00 bits per heavy atom. The van der Waals surface area contributed by atoms with Crippen LogP contribution in [0.2, 0.25) is 0 Å². The maximum Gasteiger partial charge on any atom is 0.267 e. The molecule has 0 saturated heterocycles. The number of carbonyl (C=O) groups is 1. The molecule has 0 fully saturated rings. The summed E-state index contributed by atoms with van der Waals surface area (Å²) in [6.07, 6.45) is 1.42. The number of hydrogen-bond acceptors (Lipinski definition) is 5. The van der Waals surface area contributed by atoms with Crippen molar-refractivity contribution in [2.45, 2.75) is 13.1 Å². The Kier molecular flexibility index (Phi) is 5.50. The molecule has 0 unspecified atom stereocenters. The van der Waals surface area contributed by atoms with Crippen molar-refractivity contribution in [1.82, 2.24) is 24.9 Å². The Morgan fingerprint density at radius 2 is 1.74 bits per heavy atom. The van der Waals surface area contributed by atoms with Crippen LogP contribution in [0.15, 0.2) is 64.3 Å². The van der Waals surface area contributed by atoms with Gasteiger partial charge in [-0.1, -0.05) is 0 Å². The zero-order valence-electron chi connectivity index (χ0n) is 14.2. The first-order valence-corrected chi connectivity index (χ1v) is 8.16. The fourth-order valence-corrected chi connectivity index (χ4v) is 2.38. The van der Waals surface area contributed by atoms with E-state index < -0.39 is 5.91 Å². The summed E-state index contributed by atoms with van der Waals surface area (Å²) in [5, 5.41) is 10.6. The van der Waals surface area contributed by atoms with Crippen LogP contribution in [0.4, 0.5) is 4.39 Å². The van der Waals surface area contributed by atoms with Gasteiger partial charge in [0.1, 0.15) is 12.4 Å². The normalized spacial score (nSPS) is 10.6. The van der Waals surface area contributed by atoms with E-state index in [1.165, 1.54) is 41.2 Å². The SMILES string of the molecule is O=C(Cn1ncccc1=O)NCCn1nc(-c2ccc(F)cc2)ccc1=O. The van der Waals surface area contributed by atoms with Gasteiger partial charge in [0.2, 0.25) is 5.91 Å². The first-order chi connectivity index (χ1) is 13.0. The lowest BCUT2D eigenvalue weighted by Gasteiger charge is -2.09. The number of carbonyl (C=O) groups excluding carboxylic acids is 1. The summed E-state index contributed by atoms with van der Waals surface area (Å²) >= 11 is 0. The van der Waals surface area contributed by atoms with Crippen LogP contribution in [-0.4, -0.2) is 32.0 Å². The van der Waals surface area contributed by atoms with Gasteiger partial charge in [0.05, 0.1) is 12.2 Å². The third-order valence-electron chi connectivity index (χ3n) is 3.73. The molecule has 0 bridgehead atoms. The van der Waals surface area contributed by atoms with E-state index >= 15 is 0 Å². The Hall–Kier alpha value is -3.62. The number of benzene rings is 1. The smallest absolute Gasteiger partial charge is 0.267 e. The van der Waals surface area contributed by atoms with Gasteiger partial charge in [-0.3, -0.25) is 14.4 Å². The van der Waals surface area contributed by atoms with Crippen molar-refractivity contribution >= 4 is 5.91 Å². The molecule has 0 aliphatic carbocycles. The van der Waals surface area contributed by atoms with E-state index in [0.717, 1.165) is 4.68 Å². The van der Waals surface area contributed by atoms with Crippen molar-refractivity contribution in [2.75, 3.05) is 6.54 Å². The summed E-state index contributed by atoms with van der Waals surface area (Å²) in [5.74, 6) is -0.764. The van der Waals surface area contributed by atoms with E-state index in [-0.39, 0.29) is 36.6 Å². The number of nitrogens with one attached hydrogen (secondary N) is 1. The molecule has 138 valence electrons. The molecule has 0 atom stereocenters. The van der Waals surface area contributed by atoms with Gasteiger partial charge in [0.25, 0.3) is 11.1 Å². The van der Waals surface area contributed by atoms with Crippen molar-refractivity contribution < 1.29 is 9.18 Å². The molecule has 2 aromatic heterocycles. The van der Waals surface area contributed by atoms with E-state index in [9.17, 15) is 18.8 Å². The van der Waals surface area contributed by atoms with Crippen LogP contribution in [0, 0.1) is 5.82 Å². The van der Waals surface area contributed by atoms with Gasteiger partial charge in [-0.15, -0.1) is 0 Å². The van der Waals surface area contributed by atoms with E-state index in [1.54, 1.807) is 18.2 Å². The molecule has 0 radical (unpaired) electrons. The molecule has 0 spiro atoms. The lowest BCUT2D eigenvalue weighted by Crippen LogP contribution is -2.36. The molecular weight excluding hydrogens is 353 g/mol. The summed E-state index contributed by atoms with van der Waals surface area (Å²) in [6, 6.07) is 11.5. The average Bonchev–Trinajstić information content (AvgIpc) is 2.66. The second-order valence-corrected chi connectivity index (χ2v) is 5.66. The molecule has 0 saturated carbocycles. The molecule has 1 aromatic carbocycles. The Labute approximate surface area is 152 Å². The quantitative estimate of drug-likeness (QED) is 0.679. The number of rotatable bonds is 6. The maximum absolute atomic E-state index is 13.0. The zero-order chi connectivity index (χ0) is 19.2. The van der Waals surface area contributed by atoms with E-state index in [2.05, 4.69) is 15.5 Å². The molecule has 8 nitrogen and oxygen atoms in total. The number of aromatic nitrogens is 4. The third-order valence-corrected chi connectivity index (χ3v) is 3.73. The zero-order valence-corrected chi connectivity index (χ0v) is 14.2. The van der Waals surface area contributed by atoms with Crippen LogP contribution in [0.5, 0.6) is 0 Å². The Bertz CT molecular complexity index is 1060. The minimum atomic E-state index is -0.404. The minimum absolute atomic E-state index is 0.150. The topological polar surface area (TPSA) is 98.9 Å². The number of hydrogen-bond donors (Lipinski definition) is 1. The maximum atomic E-state index is 13.0. The summed E-state index contributed by atoms with van der Waals surface area (Å²) in [5.41, 5.74) is 0.485. The molecule has 1 N–H and O–H groups in total. The average molecular weight is 369 g/mol. The highest BCUT2D eigenvalue weighted by molar-refractivity contribution is 5.75. The van der Waals surface area contributed by atoms with E-state index in [4.69, 9.17) is 0 Å². The van der Waals surface area contributed by atoms with Crippen molar-refractivity contribution in [3.63, 3.8) is 0 Å². The van der Waals surface area contributed by atoms with Crippen molar-refractivity contribution in [2.24, 2.45) is 0 Å². The first kappa shape index (κ1) is 18.2. The lowest BCUT2D eigenvalue weighted by atomic mass is 10.1. The molecule has 3 rings (SSSR count).